The molecule has 0 saturated carbocycles. The van der Waals surface area contributed by atoms with Crippen LogP contribution in [0.25, 0.3) is 0 Å². The Labute approximate surface area is 238 Å². The van der Waals surface area contributed by atoms with Crippen LogP contribution in [0.1, 0.15) is 26.3 Å². The minimum Gasteiger partial charge on any atom is -0.487 e. The lowest BCUT2D eigenvalue weighted by Crippen LogP contribution is -2.36. The van der Waals surface area contributed by atoms with E-state index in [1.807, 2.05) is 6.07 Å². The number of halogens is 4. The van der Waals surface area contributed by atoms with Crippen molar-refractivity contribution in [1.29, 1.82) is 0 Å². The fourth-order valence-electron chi connectivity index (χ4n) is 3.07. The van der Waals surface area contributed by atoms with Crippen molar-refractivity contribution >= 4 is 35.0 Å². The number of nitro benzene ring substituents is 1. The molecule has 220 valence electrons. The van der Waals surface area contributed by atoms with Gasteiger partial charge in [-0.3, -0.25) is 20.2 Å². The SMILES string of the molecule is CCNC(=O)C(C)OC(=O)Nc1ccccc1.CCOc1cc(Oc2ccc(C(F)(F)F)cc2Cl)ccc1[N+](=O)[O-]. The molecule has 3 aromatic carbocycles. The maximum absolute atomic E-state index is 12.6. The van der Waals surface area contributed by atoms with Gasteiger partial charge in [-0.15, -0.1) is 0 Å². The van der Waals surface area contributed by atoms with Crippen LogP contribution in [-0.2, 0) is 15.7 Å². The van der Waals surface area contributed by atoms with E-state index in [1.54, 1.807) is 38.1 Å². The van der Waals surface area contributed by atoms with Gasteiger partial charge in [0.05, 0.1) is 22.1 Å². The van der Waals surface area contributed by atoms with Crippen LogP contribution in [0.2, 0.25) is 5.02 Å². The molecule has 0 aliphatic heterocycles. The van der Waals surface area contributed by atoms with Gasteiger partial charge in [0.1, 0.15) is 11.5 Å². The molecule has 0 aromatic heterocycles. The van der Waals surface area contributed by atoms with Crippen molar-refractivity contribution in [1.82, 2.24) is 5.32 Å². The van der Waals surface area contributed by atoms with E-state index in [0.29, 0.717) is 12.2 Å². The quantitative estimate of drug-likeness (QED) is 0.197. The summed E-state index contributed by atoms with van der Waals surface area (Å²) in [6.07, 6.45) is -5.97. The van der Waals surface area contributed by atoms with Crippen molar-refractivity contribution in [2.24, 2.45) is 0 Å². The summed E-state index contributed by atoms with van der Waals surface area (Å²) in [6.45, 7) is 5.69. The van der Waals surface area contributed by atoms with E-state index in [0.717, 1.165) is 18.2 Å². The molecule has 0 saturated heterocycles. The number of para-hydroxylation sites is 1. The Balaban J connectivity index is 0.000000305. The number of amides is 2. The molecular weight excluding hydrogens is 571 g/mol. The van der Waals surface area contributed by atoms with Crippen molar-refractivity contribution in [2.75, 3.05) is 18.5 Å². The van der Waals surface area contributed by atoms with Crippen molar-refractivity contribution in [3.8, 4) is 17.2 Å². The van der Waals surface area contributed by atoms with Gasteiger partial charge < -0.3 is 19.5 Å². The smallest absolute Gasteiger partial charge is 0.416 e. The molecule has 41 heavy (non-hydrogen) atoms. The second-order valence-electron chi connectivity index (χ2n) is 8.00. The number of nitrogens with zero attached hydrogens (tertiary/aromatic N) is 1. The molecule has 3 rings (SSSR count). The maximum Gasteiger partial charge on any atom is 0.416 e. The third-order valence-corrected chi connectivity index (χ3v) is 5.23. The summed E-state index contributed by atoms with van der Waals surface area (Å²) in [5, 5.41) is 15.8. The van der Waals surface area contributed by atoms with Gasteiger partial charge in [-0.25, -0.2) is 4.79 Å². The number of likely N-dealkylation sites (N-methyl/N-ethyl adjacent to an activating group) is 1. The highest BCUT2D eigenvalue weighted by Gasteiger charge is 2.31. The number of anilines is 1. The van der Waals surface area contributed by atoms with Crippen LogP contribution >= 0.6 is 11.6 Å². The normalized spacial score (nSPS) is 11.3. The lowest BCUT2D eigenvalue weighted by atomic mass is 10.2. The molecule has 2 N–H and O–H groups in total. The number of hydrogen-bond donors (Lipinski definition) is 2. The number of nitrogens with one attached hydrogen (secondary N) is 2. The first-order valence-corrected chi connectivity index (χ1v) is 12.5. The zero-order valence-electron chi connectivity index (χ0n) is 22.2. The Morgan fingerprint density at radius 3 is 2.27 bits per heavy atom. The standard InChI is InChI=1S/C15H11ClF3NO4.C12H16N2O3/c1-2-23-14-8-10(4-5-12(14)20(21)22)24-13-6-3-9(7-11(13)16)15(17,18)19;1-3-13-11(15)9(2)17-12(16)14-10-7-5-4-6-8-10/h3-8H,2H2,1H3;4-9H,3H2,1-2H3,(H,13,15)(H,14,16). The topological polar surface area (TPSA) is 129 Å². The molecule has 0 radical (unpaired) electrons. The molecule has 1 atom stereocenters. The van der Waals surface area contributed by atoms with Crippen molar-refractivity contribution in [2.45, 2.75) is 33.1 Å². The summed E-state index contributed by atoms with van der Waals surface area (Å²) < 4.78 is 53.3. The first-order chi connectivity index (χ1) is 19.3. The minimum atomic E-state index is -4.52. The summed E-state index contributed by atoms with van der Waals surface area (Å²) in [6, 6.07) is 15.3. The first kappa shape index (κ1) is 32.7. The van der Waals surface area contributed by atoms with Crippen LogP contribution in [-0.4, -0.2) is 36.2 Å². The second-order valence-corrected chi connectivity index (χ2v) is 8.41. The molecule has 0 fully saturated rings. The van der Waals surface area contributed by atoms with Crippen LogP contribution < -0.4 is 20.1 Å². The van der Waals surface area contributed by atoms with Crippen molar-refractivity contribution < 1.29 is 41.9 Å². The largest absolute Gasteiger partial charge is 0.487 e. The zero-order valence-corrected chi connectivity index (χ0v) is 22.9. The lowest BCUT2D eigenvalue weighted by Gasteiger charge is -2.13. The van der Waals surface area contributed by atoms with Gasteiger partial charge >= 0.3 is 18.0 Å². The number of alkyl halides is 3. The van der Waals surface area contributed by atoms with E-state index in [4.69, 9.17) is 25.8 Å². The monoisotopic (exact) mass is 597 g/mol. The van der Waals surface area contributed by atoms with E-state index >= 15 is 0 Å². The van der Waals surface area contributed by atoms with Crippen molar-refractivity contribution in [3.63, 3.8) is 0 Å². The summed E-state index contributed by atoms with van der Waals surface area (Å²) in [5.41, 5.74) is -0.526. The molecule has 10 nitrogen and oxygen atoms in total. The summed E-state index contributed by atoms with van der Waals surface area (Å²) in [4.78, 5) is 33.0. The summed E-state index contributed by atoms with van der Waals surface area (Å²) in [7, 11) is 0. The highest BCUT2D eigenvalue weighted by molar-refractivity contribution is 6.32. The third kappa shape index (κ3) is 10.5. The highest BCUT2D eigenvalue weighted by Crippen LogP contribution is 2.38. The van der Waals surface area contributed by atoms with Crippen LogP contribution in [0.3, 0.4) is 0 Å². The van der Waals surface area contributed by atoms with E-state index in [9.17, 15) is 32.9 Å². The third-order valence-electron chi connectivity index (χ3n) is 4.94. The summed E-state index contributed by atoms with van der Waals surface area (Å²) >= 11 is 5.80. The molecule has 3 aromatic rings. The van der Waals surface area contributed by atoms with Crippen LogP contribution in [0.4, 0.5) is 29.3 Å². The molecule has 0 bridgehead atoms. The number of nitro groups is 1. The number of carbonyl (C=O) groups is 2. The molecular formula is C27H27ClF3N3O7. The van der Waals surface area contributed by atoms with Gasteiger partial charge in [0, 0.05) is 24.4 Å². The average Bonchev–Trinajstić information content (AvgIpc) is 2.90. The zero-order chi connectivity index (χ0) is 30.6. The van der Waals surface area contributed by atoms with Gasteiger partial charge in [-0.1, -0.05) is 29.8 Å². The predicted octanol–water partition coefficient (Wildman–Crippen LogP) is 7.22. The Morgan fingerprint density at radius 2 is 1.71 bits per heavy atom. The Morgan fingerprint density at radius 1 is 1.02 bits per heavy atom. The Kier molecular flexibility index (Phi) is 12.2. The number of benzene rings is 3. The number of ether oxygens (including phenoxy) is 3. The van der Waals surface area contributed by atoms with Gasteiger partial charge in [0.15, 0.2) is 6.10 Å². The van der Waals surface area contributed by atoms with Crippen LogP contribution in [0.5, 0.6) is 17.2 Å². The molecule has 0 aliphatic rings. The second kappa shape index (κ2) is 15.3. The number of rotatable bonds is 9. The van der Waals surface area contributed by atoms with E-state index in [-0.39, 0.29) is 40.5 Å². The Hall–Kier alpha value is -4.52. The minimum absolute atomic E-state index is 0.0111. The van der Waals surface area contributed by atoms with Gasteiger partial charge in [-0.2, -0.15) is 13.2 Å². The highest BCUT2D eigenvalue weighted by atomic mass is 35.5. The van der Waals surface area contributed by atoms with Crippen molar-refractivity contribution in [3.05, 3.63) is 87.4 Å². The first-order valence-electron chi connectivity index (χ1n) is 12.1. The average molecular weight is 598 g/mol. The number of carbonyl (C=O) groups excluding carboxylic acids is 2. The molecule has 0 spiro atoms. The fourth-order valence-corrected chi connectivity index (χ4v) is 3.29. The van der Waals surface area contributed by atoms with Gasteiger partial charge in [0.25, 0.3) is 5.91 Å². The van der Waals surface area contributed by atoms with E-state index in [2.05, 4.69) is 10.6 Å². The molecule has 14 heteroatoms. The van der Waals surface area contributed by atoms with E-state index in [1.165, 1.54) is 25.1 Å². The van der Waals surface area contributed by atoms with Crippen LogP contribution in [0.15, 0.2) is 66.7 Å². The molecule has 0 heterocycles. The molecule has 2 amide bonds. The number of hydrogen-bond acceptors (Lipinski definition) is 7. The van der Waals surface area contributed by atoms with Gasteiger partial charge in [0.2, 0.25) is 5.75 Å². The molecule has 1 unspecified atom stereocenters. The Bertz CT molecular complexity index is 1340. The van der Waals surface area contributed by atoms with Gasteiger partial charge in [-0.05, 0) is 57.2 Å². The summed E-state index contributed by atoms with van der Waals surface area (Å²) in [5.74, 6) is -0.189. The lowest BCUT2D eigenvalue weighted by molar-refractivity contribution is -0.385. The maximum atomic E-state index is 12.6. The fraction of sp³-hybridized carbons (Fsp3) is 0.259. The molecule has 0 aliphatic carbocycles. The van der Waals surface area contributed by atoms with Crippen LogP contribution in [0, 0.1) is 10.1 Å². The predicted molar refractivity (Wildman–Crippen MR) is 145 cm³/mol. The van der Waals surface area contributed by atoms with E-state index < -0.39 is 28.9 Å².